The standard InChI is InChI=1S/C7H14N2O2/c1-4-6(2)11-7(10)5-9-8-3/h5-6,8H,4H2,1-3H3/b9-5+. The van der Waals surface area contributed by atoms with Crippen molar-refractivity contribution in [3.63, 3.8) is 0 Å². The van der Waals surface area contributed by atoms with Crippen molar-refractivity contribution in [1.29, 1.82) is 0 Å². The van der Waals surface area contributed by atoms with Gasteiger partial charge in [0.2, 0.25) is 0 Å². The Balaban J connectivity index is 3.60. The van der Waals surface area contributed by atoms with Crippen molar-refractivity contribution in [1.82, 2.24) is 5.43 Å². The molecule has 0 saturated carbocycles. The molecular weight excluding hydrogens is 144 g/mol. The van der Waals surface area contributed by atoms with Gasteiger partial charge in [0.05, 0.1) is 6.10 Å². The first-order chi connectivity index (χ1) is 5.20. The summed E-state index contributed by atoms with van der Waals surface area (Å²) < 4.78 is 4.87. The summed E-state index contributed by atoms with van der Waals surface area (Å²) in [5, 5.41) is 3.51. The zero-order valence-electron chi connectivity index (χ0n) is 7.13. The van der Waals surface area contributed by atoms with Gasteiger partial charge in [-0.2, -0.15) is 5.10 Å². The summed E-state index contributed by atoms with van der Waals surface area (Å²) >= 11 is 0. The maximum absolute atomic E-state index is 10.8. The van der Waals surface area contributed by atoms with Gasteiger partial charge >= 0.3 is 5.97 Å². The Morgan fingerprint density at radius 1 is 1.82 bits per heavy atom. The van der Waals surface area contributed by atoms with Crippen molar-refractivity contribution < 1.29 is 9.53 Å². The van der Waals surface area contributed by atoms with E-state index in [1.165, 1.54) is 0 Å². The second-order valence-electron chi connectivity index (χ2n) is 2.14. The third-order valence-electron chi connectivity index (χ3n) is 1.19. The van der Waals surface area contributed by atoms with Gasteiger partial charge in [0.1, 0.15) is 6.21 Å². The molecule has 0 radical (unpaired) electrons. The number of hydrazone groups is 1. The average Bonchev–Trinajstić information content (AvgIpc) is 2.00. The lowest BCUT2D eigenvalue weighted by atomic mass is 10.3. The zero-order chi connectivity index (χ0) is 8.69. The fourth-order valence-electron chi connectivity index (χ4n) is 0.429. The molecule has 0 fully saturated rings. The van der Waals surface area contributed by atoms with E-state index in [4.69, 9.17) is 4.74 Å². The van der Waals surface area contributed by atoms with Gasteiger partial charge in [-0.1, -0.05) is 6.92 Å². The summed E-state index contributed by atoms with van der Waals surface area (Å²) in [6.07, 6.45) is 1.90. The first-order valence-corrected chi connectivity index (χ1v) is 3.61. The summed E-state index contributed by atoms with van der Waals surface area (Å²) in [7, 11) is 1.62. The summed E-state index contributed by atoms with van der Waals surface area (Å²) in [6.45, 7) is 3.79. The van der Waals surface area contributed by atoms with Gasteiger partial charge in [-0.15, -0.1) is 0 Å². The predicted molar refractivity (Wildman–Crippen MR) is 43.4 cm³/mol. The number of carbonyl (C=O) groups is 1. The number of hydrogen-bond acceptors (Lipinski definition) is 4. The van der Waals surface area contributed by atoms with E-state index in [2.05, 4.69) is 10.5 Å². The molecule has 1 N–H and O–H groups in total. The quantitative estimate of drug-likeness (QED) is 0.369. The lowest BCUT2D eigenvalue weighted by Crippen LogP contribution is -2.15. The second kappa shape index (κ2) is 5.70. The van der Waals surface area contributed by atoms with Crippen LogP contribution in [0.25, 0.3) is 0 Å². The van der Waals surface area contributed by atoms with E-state index in [1.54, 1.807) is 7.05 Å². The van der Waals surface area contributed by atoms with Crippen LogP contribution in [0, 0.1) is 0 Å². The second-order valence-corrected chi connectivity index (χ2v) is 2.14. The molecule has 11 heavy (non-hydrogen) atoms. The van der Waals surface area contributed by atoms with E-state index in [0.29, 0.717) is 0 Å². The first kappa shape index (κ1) is 9.94. The SMILES string of the molecule is CCC(C)OC(=O)/C=N/NC. The molecule has 0 heterocycles. The molecule has 1 unspecified atom stereocenters. The van der Waals surface area contributed by atoms with Crippen LogP contribution >= 0.6 is 0 Å². The summed E-state index contributed by atoms with van der Waals surface area (Å²) in [5.41, 5.74) is 2.46. The van der Waals surface area contributed by atoms with Crippen LogP contribution in [-0.2, 0) is 9.53 Å². The number of nitrogens with one attached hydrogen (secondary N) is 1. The molecule has 1 atom stereocenters. The topological polar surface area (TPSA) is 50.7 Å². The van der Waals surface area contributed by atoms with Gasteiger partial charge in [-0.05, 0) is 13.3 Å². The summed E-state index contributed by atoms with van der Waals surface area (Å²) in [5.74, 6) is -0.409. The highest BCUT2D eigenvalue weighted by Gasteiger charge is 2.03. The summed E-state index contributed by atoms with van der Waals surface area (Å²) in [6, 6.07) is 0. The van der Waals surface area contributed by atoms with Gasteiger partial charge in [0.25, 0.3) is 0 Å². The van der Waals surface area contributed by atoms with Crippen molar-refractivity contribution in [3.05, 3.63) is 0 Å². The molecule has 0 aromatic carbocycles. The highest BCUT2D eigenvalue weighted by Crippen LogP contribution is 1.94. The Labute approximate surface area is 66.6 Å². The van der Waals surface area contributed by atoms with E-state index < -0.39 is 5.97 Å². The van der Waals surface area contributed by atoms with E-state index in [1.807, 2.05) is 13.8 Å². The zero-order valence-corrected chi connectivity index (χ0v) is 7.13. The first-order valence-electron chi connectivity index (χ1n) is 3.61. The molecule has 0 aromatic heterocycles. The minimum Gasteiger partial charge on any atom is -0.458 e. The number of ether oxygens (including phenoxy) is 1. The van der Waals surface area contributed by atoms with E-state index >= 15 is 0 Å². The Hall–Kier alpha value is -1.06. The van der Waals surface area contributed by atoms with Crippen LogP contribution in [-0.4, -0.2) is 25.3 Å². The van der Waals surface area contributed by atoms with Gasteiger partial charge in [0, 0.05) is 7.05 Å². The van der Waals surface area contributed by atoms with Crippen molar-refractivity contribution in [2.75, 3.05) is 7.05 Å². The van der Waals surface area contributed by atoms with Gasteiger partial charge in [0.15, 0.2) is 0 Å². The largest absolute Gasteiger partial charge is 0.458 e. The molecule has 0 aliphatic rings. The smallest absolute Gasteiger partial charge is 0.351 e. The van der Waals surface area contributed by atoms with Crippen molar-refractivity contribution in [3.8, 4) is 0 Å². The Kier molecular flexibility index (Phi) is 5.15. The third-order valence-corrected chi connectivity index (χ3v) is 1.19. The van der Waals surface area contributed by atoms with Crippen molar-refractivity contribution >= 4 is 12.2 Å². The molecule has 0 aromatic rings. The Morgan fingerprint density at radius 3 is 2.91 bits per heavy atom. The van der Waals surface area contributed by atoms with Crippen LogP contribution in [0.4, 0.5) is 0 Å². The van der Waals surface area contributed by atoms with E-state index in [9.17, 15) is 4.79 Å². The van der Waals surface area contributed by atoms with E-state index in [0.717, 1.165) is 12.6 Å². The average molecular weight is 158 g/mol. The monoisotopic (exact) mass is 158 g/mol. The Morgan fingerprint density at radius 2 is 2.45 bits per heavy atom. The summed E-state index contributed by atoms with van der Waals surface area (Å²) in [4.78, 5) is 10.8. The minimum absolute atomic E-state index is 0.0363. The lowest BCUT2D eigenvalue weighted by molar-refractivity contribution is -0.139. The van der Waals surface area contributed by atoms with E-state index in [-0.39, 0.29) is 6.10 Å². The number of nitrogens with zero attached hydrogens (tertiary/aromatic N) is 1. The van der Waals surface area contributed by atoms with Crippen molar-refractivity contribution in [2.24, 2.45) is 5.10 Å². The molecule has 0 aliphatic carbocycles. The highest BCUT2D eigenvalue weighted by molar-refractivity contribution is 6.23. The van der Waals surface area contributed by atoms with Crippen LogP contribution in [0.3, 0.4) is 0 Å². The van der Waals surface area contributed by atoms with Gasteiger partial charge < -0.3 is 10.2 Å². The molecule has 0 amide bonds. The Bertz CT molecular complexity index is 145. The molecule has 0 aliphatic heterocycles. The lowest BCUT2D eigenvalue weighted by Gasteiger charge is -2.07. The third kappa shape index (κ3) is 5.39. The van der Waals surface area contributed by atoms with Gasteiger partial charge in [-0.3, -0.25) is 0 Å². The van der Waals surface area contributed by atoms with Crippen LogP contribution in [0.2, 0.25) is 0 Å². The highest BCUT2D eigenvalue weighted by atomic mass is 16.5. The van der Waals surface area contributed by atoms with Crippen LogP contribution in [0.15, 0.2) is 5.10 Å². The maximum Gasteiger partial charge on any atom is 0.351 e. The number of hydrogen-bond donors (Lipinski definition) is 1. The normalized spacial score (nSPS) is 13.0. The number of rotatable bonds is 4. The fraction of sp³-hybridized carbons (Fsp3) is 0.714. The maximum atomic E-state index is 10.8. The molecule has 0 bridgehead atoms. The molecule has 4 heteroatoms. The van der Waals surface area contributed by atoms with Crippen LogP contribution < -0.4 is 5.43 Å². The van der Waals surface area contributed by atoms with Crippen molar-refractivity contribution in [2.45, 2.75) is 26.4 Å². The number of esters is 1. The van der Waals surface area contributed by atoms with Crippen LogP contribution in [0.5, 0.6) is 0 Å². The molecule has 4 nitrogen and oxygen atoms in total. The molecule has 0 saturated heterocycles. The van der Waals surface area contributed by atoms with Gasteiger partial charge in [-0.25, -0.2) is 4.79 Å². The molecule has 64 valence electrons. The van der Waals surface area contributed by atoms with Crippen LogP contribution in [0.1, 0.15) is 20.3 Å². The fourth-order valence-corrected chi connectivity index (χ4v) is 0.429. The molecule has 0 rings (SSSR count). The number of carbonyl (C=O) groups excluding carboxylic acids is 1. The molecule has 0 spiro atoms. The minimum atomic E-state index is -0.409. The molecular formula is C7H14N2O2. The predicted octanol–water partition coefficient (Wildman–Crippen LogP) is 0.533.